The Kier molecular flexibility index (Phi) is 10.7. The number of para-hydroxylation sites is 1. The molecule has 0 aromatic heterocycles. The van der Waals surface area contributed by atoms with Crippen LogP contribution >= 0.6 is 34.8 Å². The Balaban J connectivity index is 1.81. The van der Waals surface area contributed by atoms with Crippen molar-refractivity contribution in [3.05, 3.63) is 129 Å². The minimum absolute atomic E-state index is 0.00557. The van der Waals surface area contributed by atoms with Gasteiger partial charge in [-0.2, -0.15) is 0 Å². The van der Waals surface area contributed by atoms with Crippen LogP contribution in [0.1, 0.15) is 16.7 Å². The van der Waals surface area contributed by atoms with Crippen molar-refractivity contribution in [1.82, 2.24) is 10.2 Å². The van der Waals surface area contributed by atoms with Gasteiger partial charge in [-0.25, -0.2) is 8.42 Å². The van der Waals surface area contributed by atoms with Gasteiger partial charge < -0.3 is 10.2 Å². The van der Waals surface area contributed by atoms with Crippen LogP contribution in [0.4, 0.5) is 5.69 Å². The van der Waals surface area contributed by atoms with Gasteiger partial charge in [0.05, 0.1) is 25.7 Å². The van der Waals surface area contributed by atoms with Crippen LogP contribution < -0.4 is 9.62 Å². The molecule has 0 spiro atoms. The second-order valence-electron chi connectivity index (χ2n) is 9.87. The molecule has 1 atom stereocenters. The van der Waals surface area contributed by atoms with Gasteiger partial charge in [-0.3, -0.25) is 13.9 Å². The molecule has 2 amide bonds. The quantitative estimate of drug-likeness (QED) is 0.198. The highest BCUT2D eigenvalue weighted by Crippen LogP contribution is 2.31. The Hall–Kier alpha value is -3.56. The van der Waals surface area contributed by atoms with Gasteiger partial charge in [0.15, 0.2) is 0 Å². The summed E-state index contributed by atoms with van der Waals surface area (Å²) < 4.78 is 29.0. The number of hydrogen-bond donors (Lipinski definition) is 1. The molecule has 11 heteroatoms. The van der Waals surface area contributed by atoms with E-state index in [1.807, 2.05) is 37.3 Å². The second kappa shape index (κ2) is 14.3. The third-order valence-electron chi connectivity index (χ3n) is 6.86. The summed E-state index contributed by atoms with van der Waals surface area (Å²) in [7, 11) is -2.77. The maximum atomic E-state index is 14.3. The number of sulfonamides is 1. The third kappa shape index (κ3) is 7.89. The predicted octanol–water partition coefficient (Wildman–Crippen LogP) is 6.54. The number of nitrogens with zero attached hydrogens (tertiary/aromatic N) is 2. The summed E-state index contributed by atoms with van der Waals surface area (Å²) in [5.41, 5.74) is 2.43. The van der Waals surface area contributed by atoms with E-state index in [1.54, 1.807) is 48.5 Å². The van der Waals surface area contributed by atoms with Crippen LogP contribution in [0.2, 0.25) is 15.1 Å². The lowest BCUT2D eigenvalue weighted by atomic mass is 10.0. The molecular weight excluding hydrogens is 629 g/mol. The molecule has 0 aliphatic heterocycles. The van der Waals surface area contributed by atoms with Crippen LogP contribution in [-0.4, -0.2) is 44.8 Å². The number of anilines is 1. The van der Waals surface area contributed by atoms with Crippen molar-refractivity contribution < 1.29 is 18.0 Å². The first kappa shape index (κ1) is 32.4. The second-order valence-corrected chi connectivity index (χ2v) is 12.9. The standard InChI is InChI=1S/C32H30Cl3N3O4S/c1-22-12-15-25(16-13-22)43(41,42)38(29-11-7-6-10-27(29)34)21-31(39)37(20-24-14-17-26(33)28(35)18-24)30(32(40)36-2)19-23-8-4-3-5-9-23/h3-18,30H,19-21H2,1-2H3,(H,36,40)/t30-/m0/s1. The molecule has 0 radical (unpaired) electrons. The minimum Gasteiger partial charge on any atom is -0.357 e. The van der Waals surface area contributed by atoms with Crippen LogP contribution in [-0.2, 0) is 32.6 Å². The zero-order valence-corrected chi connectivity index (χ0v) is 26.6. The summed E-state index contributed by atoms with van der Waals surface area (Å²) in [4.78, 5) is 29.0. The van der Waals surface area contributed by atoms with Crippen molar-refractivity contribution >= 4 is 62.3 Å². The van der Waals surface area contributed by atoms with E-state index in [0.717, 1.165) is 15.4 Å². The number of halogens is 3. The highest BCUT2D eigenvalue weighted by molar-refractivity contribution is 7.92. The molecular formula is C32H30Cl3N3O4S. The molecule has 4 rings (SSSR count). The predicted molar refractivity (Wildman–Crippen MR) is 172 cm³/mol. The van der Waals surface area contributed by atoms with E-state index in [0.29, 0.717) is 10.6 Å². The van der Waals surface area contributed by atoms with Crippen LogP contribution in [0.15, 0.2) is 102 Å². The number of nitrogens with one attached hydrogen (secondary N) is 1. The van der Waals surface area contributed by atoms with Crippen molar-refractivity contribution in [2.24, 2.45) is 0 Å². The van der Waals surface area contributed by atoms with Gasteiger partial charge in [0, 0.05) is 20.0 Å². The van der Waals surface area contributed by atoms with Crippen LogP contribution in [0.5, 0.6) is 0 Å². The molecule has 0 fully saturated rings. The molecule has 0 saturated heterocycles. The minimum atomic E-state index is -4.26. The summed E-state index contributed by atoms with van der Waals surface area (Å²) in [6.45, 7) is 1.18. The fraction of sp³-hybridized carbons (Fsp3) is 0.188. The van der Waals surface area contributed by atoms with E-state index in [2.05, 4.69) is 5.32 Å². The molecule has 7 nitrogen and oxygen atoms in total. The summed E-state index contributed by atoms with van der Waals surface area (Å²) in [5, 5.41) is 3.42. The molecule has 0 unspecified atom stereocenters. The van der Waals surface area contributed by atoms with Gasteiger partial charge in [0.25, 0.3) is 10.0 Å². The molecule has 224 valence electrons. The van der Waals surface area contributed by atoms with Crippen molar-refractivity contribution in [2.45, 2.75) is 30.8 Å². The van der Waals surface area contributed by atoms with E-state index in [1.165, 1.54) is 30.1 Å². The van der Waals surface area contributed by atoms with E-state index in [-0.39, 0.29) is 33.6 Å². The van der Waals surface area contributed by atoms with Gasteiger partial charge in [-0.05, 0) is 54.4 Å². The van der Waals surface area contributed by atoms with Gasteiger partial charge >= 0.3 is 0 Å². The summed E-state index contributed by atoms with van der Waals surface area (Å²) >= 11 is 18.9. The smallest absolute Gasteiger partial charge is 0.264 e. The molecule has 0 saturated carbocycles. The SMILES string of the molecule is CNC(=O)[C@H](Cc1ccccc1)N(Cc1ccc(Cl)c(Cl)c1)C(=O)CN(c1ccccc1Cl)S(=O)(=O)c1ccc(C)cc1. The molecule has 0 aliphatic carbocycles. The largest absolute Gasteiger partial charge is 0.357 e. The Bertz CT molecular complexity index is 1700. The molecule has 4 aromatic carbocycles. The number of benzene rings is 4. The van der Waals surface area contributed by atoms with E-state index in [4.69, 9.17) is 34.8 Å². The number of carbonyl (C=O) groups excluding carboxylic acids is 2. The first-order valence-electron chi connectivity index (χ1n) is 13.3. The van der Waals surface area contributed by atoms with Crippen molar-refractivity contribution in [2.75, 3.05) is 17.9 Å². The zero-order valence-electron chi connectivity index (χ0n) is 23.5. The van der Waals surface area contributed by atoms with E-state index < -0.39 is 34.4 Å². The summed E-state index contributed by atoms with van der Waals surface area (Å²) in [6.07, 6.45) is 0.185. The van der Waals surface area contributed by atoms with Gasteiger partial charge in [-0.15, -0.1) is 0 Å². The monoisotopic (exact) mass is 657 g/mol. The number of carbonyl (C=O) groups is 2. The first-order valence-corrected chi connectivity index (χ1v) is 15.9. The first-order chi connectivity index (χ1) is 20.5. The third-order valence-corrected chi connectivity index (χ3v) is 9.70. The lowest BCUT2D eigenvalue weighted by Crippen LogP contribution is -2.53. The molecule has 4 aromatic rings. The Morgan fingerprint density at radius 1 is 0.791 bits per heavy atom. The highest BCUT2D eigenvalue weighted by atomic mass is 35.5. The maximum absolute atomic E-state index is 14.3. The molecule has 43 heavy (non-hydrogen) atoms. The number of amides is 2. The molecule has 0 aliphatic rings. The lowest BCUT2D eigenvalue weighted by molar-refractivity contribution is -0.139. The average Bonchev–Trinajstić information content (AvgIpc) is 3.00. The lowest BCUT2D eigenvalue weighted by Gasteiger charge is -2.33. The maximum Gasteiger partial charge on any atom is 0.264 e. The van der Waals surface area contributed by atoms with Gasteiger partial charge in [0.1, 0.15) is 12.6 Å². The van der Waals surface area contributed by atoms with Crippen LogP contribution in [0.3, 0.4) is 0 Å². The fourth-order valence-corrected chi connectivity index (χ4v) is 6.60. The Labute approximate surface area is 267 Å². The average molecular weight is 659 g/mol. The highest BCUT2D eigenvalue weighted by Gasteiger charge is 2.35. The normalized spacial score (nSPS) is 11.9. The van der Waals surface area contributed by atoms with Gasteiger partial charge in [-0.1, -0.05) is 101 Å². The summed E-state index contributed by atoms with van der Waals surface area (Å²) in [6, 6.07) is 25.9. The van der Waals surface area contributed by atoms with E-state index in [9.17, 15) is 18.0 Å². The summed E-state index contributed by atoms with van der Waals surface area (Å²) in [5.74, 6) is -1.03. The Morgan fingerprint density at radius 2 is 1.44 bits per heavy atom. The van der Waals surface area contributed by atoms with Crippen LogP contribution in [0.25, 0.3) is 0 Å². The molecule has 0 bridgehead atoms. The topological polar surface area (TPSA) is 86.8 Å². The fourth-order valence-electron chi connectivity index (χ4n) is 4.56. The van der Waals surface area contributed by atoms with Crippen molar-refractivity contribution in [3.63, 3.8) is 0 Å². The molecule has 0 heterocycles. The number of aryl methyl sites for hydroxylation is 1. The molecule has 1 N–H and O–H groups in total. The number of likely N-dealkylation sites (N-methyl/N-ethyl adjacent to an activating group) is 1. The Morgan fingerprint density at radius 3 is 2.07 bits per heavy atom. The zero-order chi connectivity index (χ0) is 31.1. The van der Waals surface area contributed by atoms with E-state index >= 15 is 0 Å². The van der Waals surface area contributed by atoms with Crippen molar-refractivity contribution in [1.29, 1.82) is 0 Å². The van der Waals surface area contributed by atoms with Gasteiger partial charge in [0.2, 0.25) is 11.8 Å². The van der Waals surface area contributed by atoms with Crippen LogP contribution in [0, 0.1) is 6.92 Å². The number of hydrogen-bond acceptors (Lipinski definition) is 4. The van der Waals surface area contributed by atoms with Crippen molar-refractivity contribution in [3.8, 4) is 0 Å². The number of rotatable bonds is 11.